The SMILES string of the molecule is CCCCNCc1cccc(Oc2ncccn2)c1. The number of benzene rings is 1. The highest BCUT2D eigenvalue weighted by Crippen LogP contribution is 2.18. The molecule has 1 aromatic carbocycles. The van der Waals surface area contributed by atoms with Crippen molar-refractivity contribution in [2.24, 2.45) is 0 Å². The Kier molecular flexibility index (Phi) is 5.31. The Morgan fingerprint density at radius 3 is 2.79 bits per heavy atom. The summed E-state index contributed by atoms with van der Waals surface area (Å²) in [5, 5.41) is 3.41. The largest absolute Gasteiger partial charge is 0.424 e. The molecule has 1 N–H and O–H groups in total. The summed E-state index contributed by atoms with van der Waals surface area (Å²) in [6, 6.07) is 10.1. The third-order valence-corrected chi connectivity index (χ3v) is 2.69. The van der Waals surface area contributed by atoms with Crippen molar-refractivity contribution in [1.82, 2.24) is 15.3 Å². The molecule has 0 saturated carbocycles. The van der Waals surface area contributed by atoms with Crippen LogP contribution in [-0.2, 0) is 6.54 Å². The second-order valence-corrected chi connectivity index (χ2v) is 4.31. The average molecular weight is 257 g/mol. The maximum absolute atomic E-state index is 5.60. The summed E-state index contributed by atoms with van der Waals surface area (Å²) in [4.78, 5) is 8.08. The van der Waals surface area contributed by atoms with E-state index in [-0.39, 0.29) is 0 Å². The first-order valence-electron chi connectivity index (χ1n) is 6.63. The number of hydrogen-bond donors (Lipinski definition) is 1. The predicted octanol–water partition coefficient (Wildman–Crippen LogP) is 3.16. The summed E-state index contributed by atoms with van der Waals surface area (Å²) in [5.41, 5.74) is 1.20. The van der Waals surface area contributed by atoms with Gasteiger partial charge in [0.2, 0.25) is 0 Å². The zero-order valence-electron chi connectivity index (χ0n) is 11.2. The molecule has 1 heterocycles. The zero-order chi connectivity index (χ0) is 13.3. The molecule has 0 saturated heterocycles. The third kappa shape index (κ3) is 4.67. The van der Waals surface area contributed by atoms with E-state index in [4.69, 9.17) is 4.74 Å². The van der Waals surface area contributed by atoms with E-state index in [0.29, 0.717) is 6.01 Å². The van der Waals surface area contributed by atoms with Crippen molar-refractivity contribution >= 4 is 0 Å². The van der Waals surface area contributed by atoms with Crippen molar-refractivity contribution in [1.29, 1.82) is 0 Å². The van der Waals surface area contributed by atoms with Crippen LogP contribution < -0.4 is 10.1 Å². The summed E-state index contributed by atoms with van der Waals surface area (Å²) in [6.07, 6.45) is 5.74. The van der Waals surface area contributed by atoms with Gasteiger partial charge in [0.25, 0.3) is 0 Å². The van der Waals surface area contributed by atoms with Crippen LogP contribution in [0.25, 0.3) is 0 Å². The van der Waals surface area contributed by atoms with E-state index in [0.717, 1.165) is 18.8 Å². The molecule has 19 heavy (non-hydrogen) atoms. The predicted molar refractivity (Wildman–Crippen MR) is 75.2 cm³/mol. The molecule has 0 aliphatic carbocycles. The Hall–Kier alpha value is -1.94. The van der Waals surface area contributed by atoms with Gasteiger partial charge in [0.15, 0.2) is 0 Å². The van der Waals surface area contributed by atoms with Gasteiger partial charge in [-0.05, 0) is 36.7 Å². The molecule has 0 atom stereocenters. The summed E-state index contributed by atoms with van der Waals surface area (Å²) in [6.45, 7) is 4.09. The first kappa shape index (κ1) is 13.5. The number of aromatic nitrogens is 2. The molecule has 1 aromatic heterocycles. The molecule has 0 fully saturated rings. The van der Waals surface area contributed by atoms with E-state index in [9.17, 15) is 0 Å². The minimum atomic E-state index is 0.374. The molecule has 0 aliphatic heterocycles. The van der Waals surface area contributed by atoms with Gasteiger partial charge in [0.05, 0.1) is 0 Å². The maximum atomic E-state index is 5.60. The highest BCUT2D eigenvalue weighted by Gasteiger charge is 2.00. The smallest absolute Gasteiger partial charge is 0.321 e. The second-order valence-electron chi connectivity index (χ2n) is 4.31. The van der Waals surface area contributed by atoms with Crippen molar-refractivity contribution in [3.05, 3.63) is 48.3 Å². The van der Waals surface area contributed by atoms with E-state index in [1.165, 1.54) is 18.4 Å². The number of rotatable bonds is 7. The monoisotopic (exact) mass is 257 g/mol. The van der Waals surface area contributed by atoms with Crippen LogP contribution in [0.4, 0.5) is 0 Å². The summed E-state index contributed by atoms with van der Waals surface area (Å²) in [7, 11) is 0. The molecular weight excluding hydrogens is 238 g/mol. The Balaban J connectivity index is 1.91. The molecule has 0 spiro atoms. The minimum Gasteiger partial charge on any atom is -0.424 e. The highest BCUT2D eigenvalue weighted by atomic mass is 16.5. The highest BCUT2D eigenvalue weighted by molar-refractivity contribution is 5.30. The molecule has 0 bridgehead atoms. The topological polar surface area (TPSA) is 47.0 Å². The fraction of sp³-hybridized carbons (Fsp3) is 0.333. The lowest BCUT2D eigenvalue weighted by molar-refractivity contribution is 0.441. The first-order chi connectivity index (χ1) is 9.38. The molecule has 2 rings (SSSR count). The third-order valence-electron chi connectivity index (χ3n) is 2.69. The van der Waals surface area contributed by atoms with Gasteiger partial charge < -0.3 is 10.1 Å². The van der Waals surface area contributed by atoms with Crippen LogP contribution in [-0.4, -0.2) is 16.5 Å². The van der Waals surface area contributed by atoms with Crippen LogP contribution in [0, 0.1) is 0 Å². The summed E-state index contributed by atoms with van der Waals surface area (Å²) >= 11 is 0. The second kappa shape index (κ2) is 7.48. The lowest BCUT2D eigenvalue weighted by atomic mass is 10.2. The van der Waals surface area contributed by atoms with Gasteiger partial charge in [-0.1, -0.05) is 25.5 Å². The Morgan fingerprint density at radius 2 is 2.00 bits per heavy atom. The van der Waals surface area contributed by atoms with E-state index in [2.05, 4.69) is 28.3 Å². The first-order valence-corrected chi connectivity index (χ1v) is 6.63. The lowest BCUT2D eigenvalue weighted by Gasteiger charge is -2.07. The van der Waals surface area contributed by atoms with Crippen LogP contribution in [0.3, 0.4) is 0 Å². The normalized spacial score (nSPS) is 10.4. The molecule has 0 radical (unpaired) electrons. The van der Waals surface area contributed by atoms with Crippen molar-refractivity contribution in [2.75, 3.05) is 6.54 Å². The Labute approximate surface area is 113 Å². The fourth-order valence-corrected chi connectivity index (χ4v) is 1.70. The summed E-state index contributed by atoms with van der Waals surface area (Å²) < 4.78 is 5.60. The molecule has 4 heteroatoms. The lowest BCUT2D eigenvalue weighted by Crippen LogP contribution is -2.14. The average Bonchev–Trinajstić information content (AvgIpc) is 2.45. The Bertz CT molecular complexity index is 488. The van der Waals surface area contributed by atoms with Gasteiger partial charge in [-0.15, -0.1) is 0 Å². The Morgan fingerprint density at radius 1 is 1.16 bits per heavy atom. The number of nitrogens with one attached hydrogen (secondary N) is 1. The van der Waals surface area contributed by atoms with E-state index < -0.39 is 0 Å². The quantitative estimate of drug-likeness (QED) is 0.774. The molecule has 0 unspecified atom stereocenters. The van der Waals surface area contributed by atoms with Crippen LogP contribution in [0.15, 0.2) is 42.7 Å². The molecule has 2 aromatic rings. The van der Waals surface area contributed by atoms with Gasteiger partial charge in [0, 0.05) is 18.9 Å². The molecule has 4 nitrogen and oxygen atoms in total. The fourth-order valence-electron chi connectivity index (χ4n) is 1.70. The van der Waals surface area contributed by atoms with Gasteiger partial charge >= 0.3 is 6.01 Å². The summed E-state index contributed by atoms with van der Waals surface area (Å²) in [5.74, 6) is 0.765. The minimum absolute atomic E-state index is 0.374. The molecule has 0 aliphatic rings. The van der Waals surface area contributed by atoms with Crippen LogP contribution in [0.5, 0.6) is 11.8 Å². The maximum Gasteiger partial charge on any atom is 0.321 e. The van der Waals surface area contributed by atoms with Crippen LogP contribution >= 0.6 is 0 Å². The van der Waals surface area contributed by atoms with Crippen LogP contribution in [0.2, 0.25) is 0 Å². The standard InChI is InChI=1S/C15H19N3O/c1-2-3-8-16-12-13-6-4-7-14(11-13)19-15-17-9-5-10-18-15/h4-7,9-11,16H,2-3,8,12H2,1H3. The van der Waals surface area contributed by atoms with E-state index in [1.54, 1.807) is 18.5 Å². The van der Waals surface area contributed by atoms with Gasteiger partial charge in [0.1, 0.15) is 5.75 Å². The van der Waals surface area contributed by atoms with E-state index in [1.807, 2.05) is 18.2 Å². The van der Waals surface area contributed by atoms with Crippen molar-refractivity contribution < 1.29 is 4.74 Å². The number of hydrogen-bond acceptors (Lipinski definition) is 4. The number of unbranched alkanes of at least 4 members (excludes halogenated alkanes) is 1. The zero-order valence-corrected chi connectivity index (χ0v) is 11.2. The number of nitrogens with zero attached hydrogens (tertiary/aromatic N) is 2. The van der Waals surface area contributed by atoms with Gasteiger partial charge in [-0.3, -0.25) is 0 Å². The van der Waals surface area contributed by atoms with Crippen molar-refractivity contribution in [3.63, 3.8) is 0 Å². The van der Waals surface area contributed by atoms with Crippen LogP contribution in [0.1, 0.15) is 25.3 Å². The number of ether oxygens (including phenoxy) is 1. The van der Waals surface area contributed by atoms with E-state index >= 15 is 0 Å². The van der Waals surface area contributed by atoms with Gasteiger partial charge in [-0.2, -0.15) is 0 Å². The molecule has 100 valence electrons. The molecular formula is C15H19N3O. The van der Waals surface area contributed by atoms with Gasteiger partial charge in [-0.25, -0.2) is 9.97 Å². The molecule has 0 amide bonds. The van der Waals surface area contributed by atoms with Crippen molar-refractivity contribution in [3.8, 4) is 11.8 Å². The van der Waals surface area contributed by atoms with Crippen molar-refractivity contribution in [2.45, 2.75) is 26.3 Å².